The number of carbonyl (C=O) groups is 3. The molecule has 0 unspecified atom stereocenters. The van der Waals surface area contributed by atoms with Gasteiger partial charge >= 0.3 is 6.03 Å². The van der Waals surface area contributed by atoms with Crippen molar-refractivity contribution in [2.75, 3.05) is 37.6 Å². The average molecular weight is 355 g/mol. The number of nitrogens with zero attached hydrogens (tertiary/aromatic N) is 4. The minimum atomic E-state index is -0.517. The minimum Gasteiger partial charge on any atom is -0.351 e. The number of para-hydroxylation sites is 1. The van der Waals surface area contributed by atoms with Gasteiger partial charge in [0.1, 0.15) is 12.6 Å². The molecule has 0 saturated carbocycles. The fourth-order valence-electron chi connectivity index (χ4n) is 3.56. The van der Waals surface area contributed by atoms with E-state index in [0.29, 0.717) is 43.9 Å². The Morgan fingerprint density at radius 3 is 2.62 bits per heavy atom. The number of urea groups is 1. The first-order valence-electron chi connectivity index (χ1n) is 8.64. The molecule has 2 fully saturated rings. The normalized spacial score (nSPS) is 20.7. The summed E-state index contributed by atoms with van der Waals surface area (Å²) >= 11 is 0. The van der Waals surface area contributed by atoms with Crippen LogP contribution in [0, 0.1) is 17.2 Å². The van der Waals surface area contributed by atoms with Crippen LogP contribution in [0.3, 0.4) is 0 Å². The number of piperidine rings is 1. The van der Waals surface area contributed by atoms with Gasteiger partial charge in [0.05, 0.1) is 17.2 Å². The first kappa shape index (κ1) is 17.7. The Hall–Kier alpha value is -3.08. The predicted molar refractivity (Wildman–Crippen MR) is 94.0 cm³/mol. The lowest BCUT2D eigenvalue weighted by molar-refractivity contribution is -0.141. The lowest BCUT2D eigenvalue weighted by Gasteiger charge is -2.38. The first-order chi connectivity index (χ1) is 12.5. The molecule has 0 aromatic heterocycles. The fourth-order valence-corrected chi connectivity index (χ4v) is 3.56. The van der Waals surface area contributed by atoms with E-state index in [1.165, 1.54) is 4.90 Å². The molecule has 3 rings (SSSR count). The topological polar surface area (TPSA) is 111 Å². The van der Waals surface area contributed by atoms with Gasteiger partial charge in [0.2, 0.25) is 11.8 Å². The Morgan fingerprint density at radius 2 is 1.92 bits per heavy atom. The number of amides is 4. The van der Waals surface area contributed by atoms with Crippen molar-refractivity contribution in [1.29, 1.82) is 5.26 Å². The van der Waals surface area contributed by atoms with Gasteiger partial charge in [0.25, 0.3) is 0 Å². The number of nitrogens with two attached hydrogens (primary N) is 1. The van der Waals surface area contributed by atoms with E-state index in [1.54, 1.807) is 34.1 Å². The van der Waals surface area contributed by atoms with E-state index in [9.17, 15) is 19.6 Å². The maximum atomic E-state index is 12.8. The molecule has 1 aromatic carbocycles. The largest absolute Gasteiger partial charge is 0.351 e. The van der Waals surface area contributed by atoms with Crippen LogP contribution in [0.1, 0.15) is 18.4 Å². The minimum absolute atomic E-state index is 0.0222. The van der Waals surface area contributed by atoms with Gasteiger partial charge in [-0.3, -0.25) is 9.59 Å². The molecule has 2 N–H and O–H groups in total. The van der Waals surface area contributed by atoms with E-state index in [0.717, 1.165) is 6.42 Å². The number of anilines is 1. The van der Waals surface area contributed by atoms with Gasteiger partial charge in [-0.2, -0.15) is 5.26 Å². The van der Waals surface area contributed by atoms with Crippen LogP contribution in [-0.2, 0) is 9.59 Å². The molecule has 1 aromatic rings. The van der Waals surface area contributed by atoms with E-state index in [1.807, 2.05) is 0 Å². The molecule has 2 heterocycles. The number of hydrogen-bond acceptors (Lipinski definition) is 4. The third kappa shape index (κ3) is 3.47. The lowest BCUT2D eigenvalue weighted by atomic mass is 9.96. The Balaban J connectivity index is 1.67. The third-order valence-electron chi connectivity index (χ3n) is 4.93. The highest BCUT2D eigenvalue weighted by molar-refractivity contribution is 5.99. The van der Waals surface area contributed by atoms with Crippen LogP contribution in [0.15, 0.2) is 24.3 Å². The van der Waals surface area contributed by atoms with Crippen LogP contribution >= 0.6 is 0 Å². The zero-order chi connectivity index (χ0) is 18.7. The van der Waals surface area contributed by atoms with Crippen LogP contribution in [0.4, 0.5) is 10.5 Å². The van der Waals surface area contributed by atoms with Gasteiger partial charge in [0, 0.05) is 26.2 Å². The van der Waals surface area contributed by atoms with E-state index >= 15 is 0 Å². The number of primary amides is 1. The molecular weight excluding hydrogens is 334 g/mol. The van der Waals surface area contributed by atoms with Crippen molar-refractivity contribution in [3.05, 3.63) is 29.8 Å². The van der Waals surface area contributed by atoms with Crippen molar-refractivity contribution in [3.8, 4) is 6.07 Å². The monoisotopic (exact) mass is 355 g/mol. The number of hydrogen-bond donors (Lipinski definition) is 1. The molecule has 0 spiro atoms. The molecule has 1 atom stereocenters. The Bertz CT molecular complexity index is 772. The van der Waals surface area contributed by atoms with Crippen LogP contribution < -0.4 is 10.6 Å². The van der Waals surface area contributed by atoms with E-state index in [4.69, 9.17) is 5.73 Å². The van der Waals surface area contributed by atoms with Crippen LogP contribution in [0.5, 0.6) is 0 Å². The number of nitriles is 1. The molecule has 0 bridgehead atoms. The highest BCUT2D eigenvalue weighted by Gasteiger charge is 2.35. The number of carbonyl (C=O) groups excluding carboxylic acids is 3. The maximum absolute atomic E-state index is 12.8. The second-order valence-electron chi connectivity index (χ2n) is 6.56. The number of piperazine rings is 1. The summed E-state index contributed by atoms with van der Waals surface area (Å²) in [6.45, 7) is 1.59. The Labute approximate surface area is 151 Å². The van der Waals surface area contributed by atoms with E-state index < -0.39 is 6.03 Å². The summed E-state index contributed by atoms with van der Waals surface area (Å²) < 4.78 is 0. The van der Waals surface area contributed by atoms with Crippen molar-refractivity contribution in [3.63, 3.8) is 0 Å². The highest BCUT2D eigenvalue weighted by atomic mass is 16.2. The molecule has 0 aliphatic carbocycles. The van der Waals surface area contributed by atoms with Gasteiger partial charge in [-0.15, -0.1) is 0 Å². The standard InChI is InChI=1S/C18H21N5O3/c19-10-13-4-1-2-6-15(13)23-9-8-21(12-16(23)24)17(25)14-5-3-7-22(11-14)18(20)26/h1-2,4,6,14H,3,5,7-9,11-12H2,(H2,20,26)/t14-/m1/s1. The molecule has 2 aliphatic rings. The molecule has 4 amide bonds. The zero-order valence-corrected chi connectivity index (χ0v) is 14.4. The predicted octanol–water partition coefficient (Wildman–Crippen LogP) is 0.524. The smallest absolute Gasteiger partial charge is 0.314 e. The van der Waals surface area contributed by atoms with Gasteiger partial charge in [-0.1, -0.05) is 12.1 Å². The van der Waals surface area contributed by atoms with Gasteiger partial charge in [-0.05, 0) is 25.0 Å². The second-order valence-corrected chi connectivity index (χ2v) is 6.56. The molecular formula is C18H21N5O3. The number of benzene rings is 1. The van der Waals surface area contributed by atoms with Gasteiger partial charge in [-0.25, -0.2) is 4.79 Å². The second kappa shape index (κ2) is 7.44. The Kier molecular flexibility index (Phi) is 5.07. The highest BCUT2D eigenvalue weighted by Crippen LogP contribution is 2.24. The van der Waals surface area contributed by atoms with Crippen LogP contribution in [-0.4, -0.2) is 60.4 Å². The van der Waals surface area contributed by atoms with Crippen LogP contribution in [0.2, 0.25) is 0 Å². The first-order valence-corrected chi connectivity index (χ1v) is 8.64. The number of likely N-dealkylation sites (tertiary alicyclic amines) is 1. The number of rotatable bonds is 2. The molecule has 136 valence electrons. The molecule has 2 aliphatic heterocycles. The summed E-state index contributed by atoms with van der Waals surface area (Å²) in [7, 11) is 0. The SMILES string of the molecule is N#Cc1ccccc1N1CCN(C(=O)[C@@H]2CCCN(C(N)=O)C2)CC1=O. The fraction of sp³-hybridized carbons (Fsp3) is 0.444. The van der Waals surface area contributed by atoms with Crippen molar-refractivity contribution in [2.24, 2.45) is 11.7 Å². The molecule has 0 radical (unpaired) electrons. The van der Waals surface area contributed by atoms with Crippen molar-refractivity contribution >= 4 is 23.5 Å². The summed E-state index contributed by atoms with van der Waals surface area (Å²) in [6.07, 6.45) is 1.41. The van der Waals surface area contributed by atoms with Gasteiger partial charge < -0.3 is 20.4 Å². The Morgan fingerprint density at radius 1 is 1.15 bits per heavy atom. The molecule has 8 heteroatoms. The third-order valence-corrected chi connectivity index (χ3v) is 4.93. The summed E-state index contributed by atoms with van der Waals surface area (Å²) in [5, 5.41) is 9.22. The summed E-state index contributed by atoms with van der Waals surface area (Å²) in [6, 6.07) is 8.51. The van der Waals surface area contributed by atoms with Gasteiger partial charge in [0.15, 0.2) is 0 Å². The quantitative estimate of drug-likeness (QED) is 0.834. The maximum Gasteiger partial charge on any atom is 0.314 e. The summed E-state index contributed by atoms with van der Waals surface area (Å²) in [4.78, 5) is 41.3. The van der Waals surface area contributed by atoms with Crippen molar-refractivity contribution in [1.82, 2.24) is 9.80 Å². The van der Waals surface area contributed by atoms with E-state index in [-0.39, 0.29) is 24.3 Å². The van der Waals surface area contributed by atoms with Crippen molar-refractivity contribution < 1.29 is 14.4 Å². The van der Waals surface area contributed by atoms with Crippen molar-refractivity contribution in [2.45, 2.75) is 12.8 Å². The summed E-state index contributed by atoms with van der Waals surface area (Å²) in [5.74, 6) is -0.644. The van der Waals surface area contributed by atoms with Crippen LogP contribution in [0.25, 0.3) is 0 Å². The summed E-state index contributed by atoms with van der Waals surface area (Å²) in [5.41, 5.74) is 6.32. The molecule has 8 nitrogen and oxygen atoms in total. The zero-order valence-electron chi connectivity index (χ0n) is 14.4. The lowest BCUT2D eigenvalue weighted by Crippen LogP contribution is -2.56. The molecule has 2 saturated heterocycles. The van der Waals surface area contributed by atoms with E-state index in [2.05, 4.69) is 6.07 Å². The average Bonchev–Trinajstić information content (AvgIpc) is 2.67. The molecule has 26 heavy (non-hydrogen) atoms.